The normalized spacial score (nSPS) is 11.2. The van der Waals surface area contributed by atoms with Gasteiger partial charge in [-0.2, -0.15) is 8.42 Å². The molecular formula is C18H17NO8S. The maximum absolute atomic E-state index is 12.6. The Morgan fingerprint density at radius 2 is 1.86 bits per heavy atom. The molecule has 0 aliphatic rings. The number of hydrogen-bond donors (Lipinski definition) is 0. The molecule has 0 saturated heterocycles. The second-order valence-electron chi connectivity index (χ2n) is 5.46. The molecule has 0 unspecified atom stereocenters. The summed E-state index contributed by atoms with van der Waals surface area (Å²) in [5, 5.41) is 11.0. The lowest BCUT2D eigenvalue weighted by molar-refractivity contribution is -0.385. The van der Waals surface area contributed by atoms with E-state index in [9.17, 15) is 23.3 Å². The molecule has 148 valence electrons. The topological polar surface area (TPSA) is 122 Å². The zero-order chi connectivity index (χ0) is 20.9. The molecule has 0 aliphatic heterocycles. The number of nitrogens with zero attached hydrogens (tertiary/aromatic N) is 1. The molecular weight excluding hydrogens is 390 g/mol. The van der Waals surface area contributed by atoms with E-state index in [0.29, 0.717) is 5.56 Å². The summed E-state index contributed by atoms with van der Waals surface area (Å²) in [4.78, 5) is 21.2. The molecule has 28 heavy (non-hydrogen) atoms. The van der Waals surface area contributed by atoms with Crippen molar-refractivity contribution >= 4 is 27.9 Å². The predicted molar refractivity (Wildman–Crippen MR) is 99.7 cm³/mol. The Morgan fingerprint density at radius 3 is 2.46 bits per heavy atom. The summed E-state index contributed by atoms with van der Waals surface area (Å²) in [5.74, 6) is -0.565. The molecule has 9 nitrogen and oxygen atoms in total. The van der Waals surface area contributed by atoms with Crippen molar-refractivity contribution in [1.82, 2.24) is 0 Å². The number of carbonyl (C=O) groups is 1. The van der Waals surface area contributed by atoms with Crippen LogP contribution >= 0.6 is 0 Å². The van der Waals surface area contributed by atoms with Gasteiger partial charge in [0.25, 0.3) is 5.69 Å². The Balaban J connectivity index is 2.39. The number of hydrogen-bond acceptors (Lipinski definition) is 8. The van der Waals surface area contributed by atoms with Crippen molar-refractivity contribution < 1.29 is 31.8 Å². The molecule has 0 radical (unpaired) electrons. The third kappa shape index (κ3) is 4.65. The molecule has 0 fully saturated rings. The molecule has 0 spiro atoms. The van der Waals surface area contributed by atoms with Crippen molar-refractivity contribution in [2.24, 2.45) is 0 Å². The van der Waals surface area contributed by atoms with Crippen LogP contribution in [0.4, 0.5) is 5.69 Å². The van der Waals surface area contributed by atoms with E-state index in [0.717, 1.165) is 0 Å². The summed E-state index contributed by atoms with van der Waals surface area (Å²) < 4.78 is 40.0. The van der Waals surface area contributed by atoms with Crippen molar-refractivity contribution in [2.45, 2.75) is 11.8 Å². The number of rotatable bonds is 7. The lowest BCUT2D eigenvalue weighted by Gasteiger charge is -2.12. The zero-order valence-corrected chi connectivity index (χ0v) is 16.1. The molecule has 0 amide bonds. The quantitative estimate of drug-likeness (QED) is 0.226. The monoisotopic (exact) mass is 407 g/mol. The number of carbonyl (C=O) groups excluding carboxylic acids is 1. The van der Waals surface area contributed by atoms with Crippen molar-refractivity contribution in [3.05, 3.63) is 63.7 Å². The first-order chi connectivity index (χ1) is 13.2. The number of nitro benzene ring substituents is 1. The first-order valence-corrected chi connectivity index (χ1v) is 9.23. The number of benzene rings is 2. The van der Waals surface area contributed by atoms with Crippen molar-refractivity contribution in [3.8, 4) is 11.5 Å². The van der Waals surface area contributed by atoms with Gasteiger partial charge in [-0.05, 0) is 36.8 Å². The van der Waals surface area contributed by atoms with Crippen LogP contribution in [0.25, 0.3) is 6.08 Å². The lowest BCUT2D eigenvalue weighted by atomic mass is 10.2. The van der Waals surface area contributed by atoms with Crippen LogP contribution < -0.4 is 8.92 Å². The summed E-state index contributed by atoms with van der Waals surface area (Å²) in [5.41, 5.74) is 0.169. The SMILES string of the molecule is COC(=O)/C=C/c1ccc(OS(=O)(=O)c2cccc([N+](=O)[O-])c2C)c(OC)c1. The highest BCUT2D eigenvalue weighted by Gasteiger charge is 2.25. The summed E-state index contributed by atoms with van der Waals surface area (Å²) in [6, 6.07) is 8.01. The van der Waals surface area contributed by atoms with Crippen LogP contribution in [0.2, 0.25) is 0 Å². The Hall–Kier alpha value is -3.40. The van der Waals surface area contributed by atoms with Crippen LogP contribution in [-0.4, -0.2) is 33.5 Å². The highest BCUT2D eigenvalue weighted by atomic mass is 32.2. The molecule has 0 aliphatic carbocycles. The average Bonchev–Trinajstić information content (AvgIpc) is 2.66. The molecule has 10 heteroatoms. The molecule has 0 saturated carbocycles. The third-order valence-electron chi connectivity index (χ3n) is 3.72. The minimum atomic E-state index is -4.35. The summed E-state index contributed by atoms with van der Waals surface area (Å²) in [7, 11) is -1.79. The van der Waals surface area contributed by atoms with E-state index in [4.69, 9.17) is 8.92 Å². The molecule has 2 aromatic rings. The first-order valence-electron chi connectivity index (χ1n) is 7.82. The van der Waals surface area contributed by atoms with Gasteiger partial charge in [0.2, 0.25) is 0 Å². The lowest BCUT2D eigenvalue weighted by Crippen LogP contribution is -2.12. The standard InChI is InChI=1S/C18H17NO8S/c1-12-14(19(21)22)5-4-6-17(12)28(23,24)27-15-9-7-13(11-16(15)25-2)8-10-18(20)26-3/h4-11H,1-3H3/b10-8+. The van der Waals surface area contributed by atoms with Gasteiger partial charge in [-0.15, -0.1) is 0 Å². The van der Waals surface area contributed by atoms with Crippen LogP contribution in [0.1, 0.15) is 11.1 Å². The molecule has 2 rings (SSSR count). The maximum atomic E-state index is 12.6. The summed E-state index contributed by atoms with van der Waals surface area (Å²) in [6.45, 7) is 1.33. The predicted octanol–water partition coefficient (Wildman–Crippen LogP) is 2.87. The van der Waals surface area contributed by atoms with E-state index in [-0.39, 0.29) is 27.6 Å². The smallest absolute Gasteiger partial charge is 0.339 e. The minimum Gasteiger partial charge on any atom is -0.493 e. The van der Waals surface area contributed by atoms with Gasteiger partial charge in [0.1, 0.15) is 4.90 Å². The van der Waals surface area contributed by atoms with E-state index in [1.807, 2.05) is 0 Å². The molecule has 0 bridgehead atoms. The van der Waals surface area contributed by atoms with Crippen molar-refractivity contribution in [1.29, 1.82) is 0 Å². The van der Waals surface area contributed by atoms with E-state index in [1.54, 1.807) is 0 Å². The molecule has 2 aromatic carbocycles. The van der Waals surface area contributed by atoms with Crippen LogP contribution in [0, 0.1) is 17.0 Å². The fourth-order valence-corrected chi connectivity index (χ4v) is 3.51. The van der Waals surface area contributed by atoms with Gasteiger partial charge in [0.15, 0.2) is 11.5 Å². The molecule has 0 aromatic heterocycles. The van der Waals surface area contributed by atoms with Gasteiger partial charge in [-0.3, -0.25) is 10.1 Å². The van der Waals surface area contributed by atoms with Gasteiger partial charge in [-0.25, -0.2) is 4.79 Å². The van der Waals surface area contributed by atoms with Crippen molar-refractivity contribution in [3.63, 3.8) is 0 Å². The fraction of sp³-hybridized carbons (Fsp3) is 0.167. The Labute approximate surface area is 161 Å². The molecule has 0 atom stereocenters. The van der Waals surface area contributed by atoms with Gasteiger partial charge >= 0.3 is 16.1 Å². The van der Waals surface area contributed by atoms with Crippen LogP contribution in [0.3, 0.4) is 0 Å². The van der Waals surface area contributed by atoms with Crippen molar-refractivity contribution in [2.75, 3.05) is 14.2 Å². The number of esters is 1. The minimum absolute atomic E-state index is 0.0379. The second kappa shape index (κ2) is 8.53. The zero-order valence-electron chi connectivity index (χ0n) is 15.2. The molecule has 0 heterocycles. The highest BCUT2D eigenvalue weighted by Crippen LogP contribution is 2.33. The van der Waals surface area contributed by atoms with Gasteiger partial charge in [0, 0.05) is 17.7 Å². The number of ether oxygens (including phenoxy) is 2. The summed E-state index contributed by atoms with van der Waals surface area (Å²) >= 11 is 0. The van der Waals surface area contributed by atoms with E-state index in [1.165, 1.54) is 69.7 Å². The van der Waals surface area contributed by atoms with Crippen LogP contribution in [-0.2, 0) is 19.6 Å². The Bertz CT molecular complexity index is 1040. The first kappa shape index (κ1) is 20.9. The average molecular weight is 407 g/mol. The third-order valence-corrected chi connectivity index (χ3v) is 5.10. The Morgan fingerprint density at radius 1 is 1.14 bits per heavy atom. The number of nitro groups is 1. The largest absolute Gasteiger partial charge is 0.493 e. The van der Waals surface area contributed by atoms with Crippen LogP contribution in [0.15, 0.2) is 47.4 Å². The van der Waals surface area contributed by atoms with Gasteiger partial charge in [-0.1, -0.05) is 12.1 Å². The van der Waals surface area contributed by atoms with Crippen LogP contribution in [0.5, 0.6) is 11.5 Å². The Kier molecular flexibility index (Phi) is 6.37. The van der Waals surface area contributed by atoms with E-state index < -0.39 is 21.0 Å². The van der Waals surface area contributed by atoms with E-state index >= 15 is 0 Å². The maximum Gasteiger partial charge on any atom is 0.339 e. The van der Waals surface area contributed by atoms with Gasteiger partial charge in [0.05, 0.1) is 19.1 Å². The molecule has 0 N–H and O–H groups in total. The van der Waals surface area contributed by atoms with Gasteiger partial charge < -0.3 is 13.7 Å². The second-order valence-corrected chi connectivity index (χ2v) is 6.98. The fourth-order valence-electron chi connectivity index (χ4n) is 2.32. The number of methoxy groups -OCH3 is 2. The highest BCUT2D eigenvalue weighted by molar-refractivity contribution is 7.87. The van der Waals surface area contributed by atoms with E-state index in [2.05, 4.69) is 4.74 Å². The summed E-state index contributed by atoms with van der Waals surface area (Å²) in [6.07, 6.45) is 2.65.